The van der Waals surface area contributed by atoms with Gasteiger partial charge >= 0.3 is 0 Å². The molecule has 0 radical (unpaired) electrons. The summed E-state index contributed by atoms with van der Waals surface area (Å²) in [6, 6.07) is 0. The van der Waals surface area contributed by atoms with Gasteiger partial charge in [-0.2, -0.15) is 0 Å². The van der Waals surface area contributed by atoms with E-state index in [0.717, 1.165) is 0 Å². The molecule has 0 aromatic carbocycles. The second-order valence-electron chi connectivity index (χ2n) is 15.5. The minimum atomic E-state index is 1.23. The van der Waals surface area contributed by atoms with Crippen LogP contribution in [-0.2, 0) is 19.5 Å². The van der Waals surface area contributed by atoms with E-state index in [9.17, 15) is 0 Å². The summed E-state index contributed by atoms with van der Waals surface area (Å²) in [5.41, 5.74) is 0. The molecule has 0 bridgehead atoms. The summed E-state index contributed by atoms with van der Waals surface area (Å²) in [6.45, 7) is 9.41. The summed E-state index contributed by atoms with van der Waals surface area (Å²) in [5, 5.41) is 0. The van der Waals surface area contributed by atoms with E-state index in [1.54, 1.807) is 5.82 Å². The number of hydrogen-bond acceptors (Lipinski definition) is 0. The van der Waals surface area contributed by atoms with Crippen molar-refractivity contribution >= 4 is 0 Å². The maximum atomic E-state index is 2.65. The molecule has 47 heavy (non-hydrogen) atoms. The van der Waals surface area contributed by atoms with Crippen LogP contribution in [-0.4, -0.2) is 4.57 Å². The van der Waals surface area contributed by atoms with Crippen molar-refractivity contribution < 1.29 is 4.57 Å². The number of nitrogens with zero attached hydrogens (tertiary/aromatic N) is 2. The molecule has 0 atom stereocenters. The normalized spacial score (nSPS) is 11.6. The van der Waals surface area contributed by atoms with E-state index in [4.69, 9.17) is 0 Å². The highest BCUT2D eigenvalue weighted by Gasteiger charge is 2.16. The Bertz CT molecular complexity index is 722. The van der Waals surface area contributed by atoms with Gasteiger partial charge in [-0.25, -0.2) is 9.13 Å². The topological polar surface area (TPSA) is 8.81 Å². The van der Waals surface area contributed by atoms with Crippen molar-refractivity contribution in [2.75, 3.05) is 0 Å². The molecule has 0 N–H and O–H groups in total. The Labute approximate surface area is 298 Å². The summed E-state index contributed by atoms with van der Waals surface area (Å²) < 4.78 is 5.29. The average Bonchev–Trinajstić information content (AvgIpc) is 3.47. The van der Waals surface area contributed by atoms with Gasteiger partial charge in [0.1, 0.15) is 12.4 Å². The van der Waals surface area contributed by atoms with E-state index in [2.05, 4.69) is 42.3 Å². The molecule has 0 aliphatic heterocycles. The van der Waals surface area contributed by atoms with Crippen molar-refractivity contribution in [3.05, 3.63) is 18.2 Å². The van der Waals surface area contributed by atoms with Gasteiger partial charge in [0.25, 0.3) is 5.82 Å². The lowest BCUT2D eigenvalue weighted by molar-refractivity contribution is -0.704. The van der Waals surface area contributed by atoms with E-state index in [-0.39, 0.29) is 0 Å². The molecule has 0 amide bonds. The number of aromatic nitrogens is 2. The number of aryl methyl sites for hydroxylation is 2. The van der Waals surface area contributed by atoms with E-state index in [1.807, 2.05) is 0 Å². The molecule has 0 unspecified atom stereocenters. The molecule has 1 rings (SSSR count). The number of hydrogen-bond donors (Lipinski definition) is 0. The third-order valence-electron chi connectivity index (χ3n) is 10.8. The Balaban J connectivity index is 2.26. The maximum absolute atomic E-state index is 2.65. The minimum absolute atomic E-state index is 1.23. The van der Waals surface area contributed by atoms with Gasteiger partial charge in [-0.15, -0.1) is 0 Å². The third kappa shape index (κ3) is 28.7. The highest BCUT2D eigenvalue weighted by atomic mass is 15.1. The SMILES string of the molecule is CCCCCCCCCCCCCCCCCn1cc[n+](CCCCCCCCCCC)c1CCCCCCCCCCCCCC. The van der Waals surface area contributed by atoms with Gasteiger partial charge in [0, 0.05) is 6.42 Å². The van der Waals surface area contributed by atoms with E-state index >= 15 is 0 Å². The first kappa shape index (κ1) is 44.2. The van der Waals surface area contributed by atoms with Crippen LogP contribution >= 0.6 is 0 Å². The Morgan fingerprint density at radius 1 is 0.362 bits per heavy atom. The Morgan fingerprint density at radius 2 is 0.660 bits per heavy atom. The van der Waals surface area contributed by atoms with Gasteiger partial charge in [0.05, 0.1) is 13.1 Å². The average molecular weight is 658 g/mol. The van der Waals surface area contributed by atoms with Crippen LogP contribution < -0.4 is 4.57 Å². The summed E-state index contributed by atoms with van der Waals surface area (Å²) in [4.78, 5) is 0. The summed E-state index contributed by atoms with van der Waals surface area (Å²) in [5.74, 6) is 1.63. The highest BCUT2D eigenvalue weighted by molar-refractivity contribution is 4.84. The first-order chi connectivity index (χ1) is 23.3. The molecule has 278 valence electrons. The van der Waals surface area contributed by atoms with Crippen LogP contribution in [0.25, 0.3) is 0 Å². The fraction of sp³-hybridized carbons (Fsp3) is 0.933. The Morgan fingerprint density at radius 3 is 1.02 bits per heavy atom. The van der Waals surface area contributed by atoms with E-state index in [0.29, 0.717) is 0 Å². The predicted molar refractivity (Wildman–Crippen MR) is 212 cm³/mol. The zero-order valence-electron chi connectivity index (χ0n) is 33.1. The van der Waals surface area contributed by atoms with Crippen LogP contribution in [0, 0.1) is 0 Å². The van der Waals surface area contributed by atoms with Crippen molar-refractivity contribution in [3.63, 3.8) is 0 Å². The molecule has 0 aliphatic carbocycles. The molecule has 0 saturated heterocycles. The number of unbranched alkanes of at least 4 members (excludes halogenated alkanes) is 33. The second kappa shape index (κ2) is 36.5. The van der Waals surface area contributed by atoms with Crippen molar-refractivity contribution in [2.24, 2.45) is 0 Å². The molecule has 0 saturated carbocycles. The van der Waals surface area contributed by atoms with Gasteiger partial charge in [-0.05, 0) is 32.1 Å². The second-order valence-corrected chi connectivity index (χ2v) is 15.5. The van der Waals surface area contributed by atoms with Crippen LogP contribution in [0.1, 0.15) is 258 Å². The summed E-state index contributed by atoms with van der Waals surface area (Å²) in [7, 11) is 0. The summed E-state index contributed by atoms with van der Waals surface area (Å²) in [6.07, 6.45) is 57.8. The third-order valence-corrected chi connectivity index (χ3v) is 10.8. The molecular weight excluding hydrogens is 569 g/mol. The van der Waals surface area contributed by atoms with Crippen LogP contribution in [0.5, 0.6) is 0 Å². The Hall–Kier alpha value is -0.790. The van der Waals surface area contributed by atoms with Gasteiger partial charge < -0.3 is 0 Å². The monoisotopic (exact) mass is 658 g/mol. The zero-order valence-corrected chi connectivity index (χ0v) is 33.1. The van der Waals surface area contributed by atoms with Gasteiger partial charge in [0.2, 0.25) is 0 Å². The van der Waals surface area contributed by atoms with Gasteiger partial charge in [0.15, 0.2) is 0 Å². The Kier molecular flexibility index (Phi) is 34.3. The standard InChI is InChI=1S/C45H89N2/c1-4-7-10-13-16-19-21-23-24-25-27-30-33-36-39-42-47-44-43-46(41-38-35-32-29-18-15-12-9-6-3)45(47)40-37-34-31-28-26-22-20-17-14-11-8-5-2/h43-44H,4-42H2,1-3H3/q+1. The smallest absolute Gasteiger partial charge is 0.234 e. The first-order valence-corrected chi connectivity index (χ1v) is 22.4. The lowest BCUT2D eigenvalue weighted by Crippen LogP contribution is -2.37. The van der Waals surface area contributed by atoms with Crippen LogP contribution in [0.15, 0.2) is 12.4 Å². The molecule has 1 heterocycles. The van der Waals surface area contributed by atoms with Gasteiger partial charge in [-0.3, -0.25) is 0 Å². The fourth-order valence-electron chi connectivity index (χ4n) is 7.56. The maximum Gasteiger partial charge on any atom is 0.256 e. The molecule has 0 aliphatic rings. The highest BCUT2D eigenvalue weighted by Crippen LogP contribution is 2.16. The first-order valence-electron chi connectivity index (χ1n) is 22.4. The van der Waals surface area contributed by atoms with Crippen molar-refractivity contribution in [3.8, 4) is 0 Å². The van der Waals surface area contributed by atoms with Crippen LogP contribution in [0.3, 0.4) is 0 Å². The predicted octanol–water partition coefficient (Wildman–Crippen LogP) is 15.4. The number of rotatable bonds is 39. The van der Waals surface area contributed by atoms with Crippen molar-refractivity contribution in [1.82, 2.24) is 4.57 Å². The van der Waals surface area contributed by atoms with Crippen molar-refractivity contribution in [1.29, 1.82) is 0 Å². The number of imidazole rings is 1. The minimum Gasteiger partial charge on any atom is -0.234 e. The van der Waals surface area contributed by atoms with Crippen LogP contribution in [0.4, 0.5) is 0 Å². The molecule has 0 spiro atoms. The molecular formula is C45H89N2+. The van der Waals surface area contributed by atoms with E-state index in [1.165, 1.54) is 251 Å². The molecule has 2 heteroatoms. The summed E-state index contributed by atoms with van der Waals surface area (Å²) >= 11 is 0. The lowest BCUT2D eigenvalue weighted by Gasteiger charge is -2.07. The fourth-order valence-corrected chi connectivity index (χ4v) is 7.56. The molecule has 1 aromatic rings. The molecule has 1 aromatic heterocycles. The quantitative estimate of drug-likeness (QED) is 0.0492. The van der Waals surface area contributed by atoms with E-state index < -0.39 is 0 Å². The zero-order chi connectivity index (χ0) is 33.7. The van der Waals surface area contributed by atoms with Crippen LogP contribution in [0.2, 0.25) is 0 Å². The van der Waals surface area contributed by atoms with Gasteiger partial charge in [-0.1, -0.05) is 220 Å². The largest absolute Gasteiger partial charge is 0.256 e. The van der Waals surface area contributed by atoms with Crippen molar-refractivity contribution in [2.45, 2.75) is 271 Å². The lowest BCUT2D eigenvalue weighted by atomic mass is 10.0. The molecule has 2 nitrogen and oxygen atoms in total. The molecule has 0 fully saturated rings.